The van der Waals surface area contributed by atoms with E-state index in [2.05, 4.69) is 20.6 Å². The van der Waals surface area contributed by atoms with Crippen LogP contribution >= 0.6 is 11.8 Å². The van der Waals surface area contributed by atoms with Crippen LogP contribution in [0.2, 0.25) is 0 Å². The maximum absolute atomic E-state index is 14.7. The number of nitrogens with zero attached hydrogens (tertiary/aromatic N) is 3. The van der Waals surface area contributed by atoms with Crippen LogP contribution < -0.4 is 10.6 Å². The van der Waals surface area contributed by atoms with Crippen molar-refractivity contribution in [2.24, 2.45) is 10.9 Å². The van der Waals surface area contributed by atoms with Crippen LogP contribution in [0, 0.1) is 23.1 Å². The summed E-state index contributed by atoms with van der Waals surface area (Å²) >= 11 is 1.30. The number of thioether (sulfide) groups is 1. The van der Waals surface area contributed by atoms with Gasteiger partial charge in [0, 0.05) is 23.2 Å². The lowest BCUT2D eigenvalue weighted by Crippen LogP contribution is -2.28. The molecular formula is C20H16FN5O3S. The van der Waals surface area contributed by atoms with E-state index < -0.39 is 23.4 Å². The molecule has 30 heavy (non-hydrogen) atoms. The van der Waals surface area contributed by atoms with Gasteiger partial charge in [-0.2, -0.15) is 5.26 Å². The van der Waals surface area contributed by atoms with Crippen LogP contribution in [0.4, 0.5) is 14.9 Å². The van der Waals surface area contributed by atoms with Gasteiger partial charge in [0.15, 0.2) is 5.17 Å². The molecule has 8 nitrogen and oxygen atoms in total. The molecule has 1 saturated carbocycles. The average Bonchev–Trinajstić information content (AvgIpc) is 3.43. The Kier molecular flexibility index (Phi) is 5.13. The second-order valence-corrected chi connectivity index (χ2v) is 8.09. The highest BCUT2D eigenvalue weighted by molar-refractivity contribution is 8.13. The highest BCUT2D eigenvalue weighted by Gasteiger charge is 2.57. The summed E-state index contributed by atoms with van der Waals surface area (Å²) in [5.41, 5.74) is 0.329. The van der Waals surface area contributed by atoms with Crippen LogP contribution in [0.3, 0.4) is 0 Å². The van der Waals surface area contributed by atoms with Crippen LogP contribution in [-0.4, -0.2) is 33.0 Å². The van der Waals surface area contributed by atoms with Gasteiger partial charge in [0.1, 0.15) is 17.6 Å². The molecule has 2 aromatic rings. The molecule has 1 fully saturated rings. The molecule has 1 aromatic carbocycles. The van der Waals surface area contributed by atoms with E-state index in [9.17, 15) is 14.0 Å². The highest BCUT2D eigenvalue weighted by Crippen LogP contribution is 2.59. The van der Waals surface area contributed by atoms with Gasteiger partial charge in [0.05, 0.1) is 11.1 Å². The molecule has 0 bridgehead atoms. The fraction of sp³-hybridized carbons (Fsp3) is 0.250. The van der Waals surface area contributed by atoms with E-state index in [0.29, 0.717) is 29.0 Å². The topological polar surface area (TPSA) is 127 Å². The van der Waals surface area contributed by atoms with Crippen molar-refractivity contribution in [3.05, 3.63) is 59.2 Å². The van der Waals surface area contributed by atoms with E-state index in [1.54, 1.807) is 0 Å². The summed E-state index contributed by atoms with van der Waals surface area (Å²) in [6.45, 7) is 0. The average molecular weight is 425 g/mol. The van der Waals surface area contributed by atoms with Crippen molar-refractivity contribution in [3.8, 4) is 6.07 Å². The van der Waals surface area contributed by atoms with Gasteiger partial charge < -0.3 is 10.4 Å². The number of nitrogens with one attached hydrogen (secondary N) is 2. The van der Waals surface area contributed by atoms with Crippen LogP contribution in [-0.2, 0) is 5.54 Å². The van der Waals surface area contributed by atoms with Crippen LogP contribution in [0.1, 0.15) is 34.5 Å². The number of pyridine rings is 1. The molecule has 1 aliphatic heterocycles. The summed E-state index contributed by atoms with van der Waals surface area (Å²) in [6, 6.07) is 9.10. The molecule has 0 radical (unpaired) electrons. The number of nitriles is 1. The van der Waals surface area contributed by atoms with E-state index in [4.69, 9.17) is 10.4 Å². The van der Waals surface area contributed by atoms with E-state index in [-0.39, 0.29) is 16.8 Å². The number of benzene rings is 1. The minimum Gasteiger partial charge on any atom is -0.465 e. The first kappa shape index (κ1) is 19.8. The third-order valence-electron chi connectivity index (χ3n) is 5.11. The number of carboxylic acid groups (broad SMARTS) is 1. The second-order valence-electron chi connectivity index (χ2n) is 7.00. The van der Waals surface area contributed by atoms with Crippen molar-refractivity contribution in [2.75, 3.05) is 11.1 Å². The molecule has 3 N–H and O–H groups in total. The predicted molar refractivity (Wildman–Crippen MR) is 109 cm³/mol. The third kappa shape index (κ3) is 3.84. The number of halogens is 1. The number of amidine groups is 1. The fourth-order valence-electron chi connectivity index (χ4n) is 3.58. The normalized spacial score (nSPS) is 22.0. The van der Waals surface area contributed by atoms with Crippen LogP contribution in [0.25, 0.3) is 0 Å². The molecule has 2 heterocycles. The fourth-order valence-corrected chi connectivity index (χ4v) is 4.56. The molecule has 0 unspecified atom stereocenters. The van der Waals surface area contributed by atoms with Crippen molar-refractivity contribution in [1.82, 2.24) is 10.3 Å². The maximum Gasteiger partial charge on any atom is 0.410 e. The van der Waals surface area contributed by atoms with E-state index in [1.807, 2.05) is 6.07 Å². The summed E-state index contributed by atoms with van der Waals surface area (Å²) in [5, 5.41) is 23.0. The highest BCUT2D eigenvalue weighted by atomic mass is 32.2. The molecule has 152 valence electrons. The SMILES string of the molecule is N#Cc1ccc(C(=O)Nc2ccc(F)c([C@]34C[C@H]3CCSC(NC(=O)O)=N4)c2)nc1. The lowest BCUT2D eigenvalue weighted by atomic mass is 10.0. The first-order chi connectivity index (χ1) is 14.4. The summed E-state index contributed by atoms with van der Waals surface area (Å²) < 4.78 is 14.7. The monoisotopic (exact) mass is 425 g/mol. The van der Waals surface area contributed by atoms with Crippen LogP contribution in [0.15, 0.2) is 41.5 Å². The lowest BCUT2D eigenvalue weighted by Gasteiger charge is -2.16. The molecule has 2 amide bonds. The van der Waals surface area contributed by atoms with Gasteiger partial charge in [-0.1, -0.05) is 11.8 Å². The Bertz CT molecular complexity index is 1100. The minimum atomic E-state index is -1.22. The zero-order valence-electron chi connectivity index (χ0n) is 15.6. The summed E-state index contributed by atoms with van der Waals surface area (Å²) in [4.78, 5) is 31.9. The van der Waals surface area contributed by atoms with Crippen molar-refractivity contribution in [2.45, 2.75) is 18.4 Å². The summed E-state index contributed by atoms with van der Waals surface area (Å²) in [5.74, 6) is -0.153. The van der Waals surface area contributed by atoms with Crippen molar-refractivity contribution >= 4 is 34.6 Å². The van der Waals surface area contributed by atoms with E-state index in [0.717, 1.165) is 6.42 Å². The van der Waals surface area contributed by atoms with Gasteiger partial charge >= 0.3 is 6.09 Å². The first-order valence-corrected chi connectivity index (χ1v) is 10.1. The van der Waals surface area contributed by atoms with Gasteiger partial charge in [-0.15, -0.1) is 0 Å². The molecular weight excluding hydrogens is 409 g/mol. The molecule has 2 atom stereocenters. The molecule has 1 aliphatic carbocycles. The number of hydrogen-bond donors (Lipinski definition) is 3. The number of carbonyl (C=O) groups is 2. The zero-order valence-corrected chi connectivity index (χ0v) is 16.4. The number of amides is 2. The number of aromatic nitrogens is 1. The Morgan fingerprint density at radius 2 is 2.13 bits per heavy atom. The number of fused-ring (bicyclic) bond motifs is 1. The summed E-state index contributed by atoms with van der Waals surface area (Å²) in [7, 11) is 0. The van der Waals surface area contributed by atoms with E-state index >= 15 is 0 Å². The predicted octanol–water partition coefficient (Wildman–Crippen LogP) is 3.32. The van der Waals surface area contributed by atoms with Crippen molar-refractivity contribution < 1.29 is 19.1 Å². The van der Waals surface area contributed by atoms with Gasteiger partial charge in [-0.05, 0) is 49.1 Å². The zero-order chi connectivity index (χ0) is 21.3. The van der Waals surface area contributed by atoms with Crippen LogP contribution in [0.5, 0.6) is 0 Å². The van der Waals surface area contributed by atoms with Gasteiger partial charge in [0.25, 0.3) is 5.91 Å². The Labute approximate surface area is 175 Å². The number of carbonyl (C=O) groups excluding carboxylic acids is 1. The minimum absolute atomic E-state index is 0.110. The largest absolute Gasteiger partial charge is 0.465 e. The quantitative estimate of drug-likeness (QED) is 0.692. The number of hydrogen-bond acceptors (Lipinski definition) is 6. The number of rotatable bonds is 3. The molecule has 1 aromatic heterocycles. The third-order valence-corrected chi connectivity index (χ3v) is 6.02. The number of anilines is 1. The van der Waals surface area contributed by atoms with E-state index in [1.165, 1.54) is 48.3 Å². The molecule has 0 spiro atoms. The van der Waals surface area contributed by atoms with Gasteiger partial charge in [0.2, 0.25) is 0 Å². The lowest BCUT2D eigenvalue weighted by molar-refractivity contribution is 0.102. The molecule has 2 aliphatic rings. The molecule has 4 rings (SSSR count). The Balaban J connectivity index is 1.61. The second kappa shape index (κ2) is 7.76. The maximum atomic E-state index is 14.7. The first-order valence-electron chi connectivity index (χ1n) is 9.11. The van der Waals surface area contributed by atoms with Gasteiger partial charge in [-0.3, -0.25) is 15.1 Å². The summed E-state index contributed by atoms with van der Waals surface area (Å²) in [6.07, 6.45) is 1.48. The molecule has 0 saturated heterocycles. The Hall–Kier alpha value is -3.45. The van der Waals surface area contributed by atoms with Gasteiger partial charge in [-0.25, -0.2) is 14.2 Å². The molecule has 10 heteroatoms. The smallest absolute Gasteiger partial charge is 0.410 e. The Morgan fingerprint density at radius 3 is 2.83 bits per heavy atom. The standard InChI is InChI=1S/C20H16FN5O3S/c21-15-3-2-13(24-17(27)16-4-1-11(9-22)10-23-16)7-14(15)20-8-12(20)5-6-30-18(26-20)25-19(28)29/h1-4,7,10,12H,5-6,8H2,(H,24,27)(H,25,26)(H,28,29)/t12-,20+/m1/s1. The van der Waals surface area contributed by atoms with Crippen molar-refractivity contribution in [3.63, 3.8) is 0 Å². The van der Waals surface area contributed by atoms with Crippen molar-refractivity contribution in [1.29, 1.82) is 5.26 Å². The number of aliphatic imine (C=N–C) groups is 1. The Morgan fingerprint density at radius 1 is 1.30 bits per heavy atom.